The Hall–Kier alpha value is -2.13. The summed E-state index contributed by atoms with van der Waals surface area (Å²) >= 11 is 0. The van der Waals surface area contributed by atoms with Gasteiger partial charge in [0.1, 0.15) is 12.5 Å². The average molecular weight is 311 g/mol. The van der Waals surface area contributed by atoms with Gasteiger partial charge >= 0.3 is 5.97 Å². The molecule has 0 aromatic heterocycles. The van der Waals surface area contributed by atoms with Crippen LogP contribution in [0.5, 0.6) is 0 Å². The summed E-state index contributed by atoms with van der Waals surface area (Å²) in [6.45, 7) is 5.32. The third kappa shape index (κ3) is 5.22. The molecule has 0 aliphatic heterocycles. The van der Waals surface area contributed by atoms with Gasteiger partial charge in [-0.2, -0.15) is 0 Å². The maximum atomic E-state index is 12.6. The van der Waals surface area contributed by atoms with Crippen LogP contribution >= 0.6 is 0 Å². The van der Waals surface area contributed by atoms with Crippen molar-refractivity contribution in [2.24, 2.45) is 0 Å². The minimum absolute atomic E-state index is 0.201. The van der Waals surface area contributed by atoms with Gasteiger partial charge < -0.3 is 10.1 Å². The van der Waals surface area contributed by atoms with Crippen LogP contribution in [0.3, 0.4) is 0 Å². The number of carbonyl (C=O) groups excluding carboxylic acids is 1. The second-order valence-corrected chi connectivity index (χ2v) is 5.69. The number of hydrogen-bond acceptors (Lipinski definition) is 3. The van der Waals surface area contributed by atoms with Crippen molar-refractivity contribution in [3.05, 3.63) is 71.8 Å². The normalized spacial score (nSPS) is 12.1. The minimum atomic E-state index is -0.374. The van der Waals surface area contributed by atoms with Gasteiger partial charge in [0.25, 0.3) is 0 Å². The molecular weight excluding hydrogens is 286 g/mol. The summed E-state index contributed by atoms with van der Waals surface area (Å²) in [6, 6.07) is 20.0. The summed E-state index contributed by atoms with van der Waals surface area (Å²) in [5.74, 6) is -0.575. The summed E-state index contributed by atoms with van der Waals surface area (Å²) in [7, 11) is 0. The first-order chi connectivity index (χ1) is 11.2. The third-order valence-electron chi connectivity index (χ3n) is 3.95. The Morgan fingerprint density at radius 1 is 1.00 bits per heavy atom. The van der Waals surface area contributed by atoms with E-state index >= 15 is 0 Å². The first-order valence-corrected chi connectivity index (χ1v) is 8.22. The molecule has 0 bridgehead atoms. The van der Waals surface area contributed by atoms with Gasteiger partial charge in [0.15, 0.2) is 0 Å². The molecule has 2 aromatic carbocycles. The topological polar surface area (TPSA) is 38.3 Å². The molecule has 122 valence electrons. The molecule has 3 nitrogen and oxygen atoms in total. The van der Waals surface area contributed by atoms with Gasteiger partial charge in [0.05, 0.1) is 0 Å². The molecule has 1 atom stereocenters. The molecule has 1 N–H and O–H groups in total. The summed E-state index contributed by atoms with van der Waals surface area (Å²) in [4.78, 5) is 12.6. The molecule has 3 heteroatoms. The second-order valence-electron chi connectivity index (χ2n) is 5.69. The molecule has 2 rings (SSSR count). The largest absolute Gasteiger partial charge is 0.464 e. The zero-order chi connectivity index (χ0) is 16.5. The van der Waals surface area contributed by atoms with E-state index in [9.17, 15) is 4.79 Å². The molecule has 0 heterocycles. The third-order valence-corrected chi connectivity index (χ3v) is 3.95. The molecule has 23 heavy (non-hydrogen) atoms. The lowest BCUT2D eigenvalue weighted by atomic mass is 9.91. The van der Waals surface area contributed by atoms with E-state index < -0.39 is 0 Å². The van der Waals surface area contributed by atoms with Gasteiger partial charge in [0.2, 0.25) is 0 Å². The fraction of sp³-hybridized carbons (Fsp3) is 0.350. The molecule has 2 aromatic rings. The Balaban J connectivity index is 2.04. The maximum Gasteiger partial charge on any atom is 0.317 e. The predicted octanol–water partition coefficient (Wildman–Crippen LogP) is 3.75. The molecule has 1 unspecified atom stereocenters. The highest BCUT2D eigenvalue weighted by Crippen LogP contribution is 2.25. The molecule has 0 radical (unpaired) electrons. The molecular formula is C20H25NO2. The Morgan fingerprint density at radius 3 is 2.00 bits per heavy atom. The van der Waals surface area contributed by atoms with E-state index in [4.69, 9.17) is 4.74 Å². The smallest absolute Gasteiger partial charge is 0.317 e. The molecule has 0 amide bonds. The second kappa shape index (κ2) is 9.11. The van der Waals surface area contributed by atoms with Crippen molar-refractivity contribution in [1.29, 1.82) is 0 Å². The van der Waals surface area contributed by atoms with E-state index in [0.29, 0.717) is 19.2 Å². The van der Waals surface area contributed by atoms with E-state index in [1.165, 1.54) is 0 Å². The first kappa shape index (κ1) is 17.2. The average Bonchev–Trinajstić information content (AvgIpc) is 2.60. The fourth-order valence-electron chi connectivity index (χ4n) is 2.44. The van der Waals surface area contributed by atoms with E-state index in [0.717, 1.165) is 17.5 Å². The number of benzene rings is 2. The predicted molar refractivity (Wildman–Crippen MR) is 93.4 cm³/mol. The Morgan fingerprint density at radius 2 is 1.52 bits per heavy atom. The number of ether oxygens (including phenoxy) is 1. The highest BCUT2D eigenvalue weighted by atomic mass is 16.5. The van der Waals surface area contributed by atoms with Gasteiger partial charge in [-0.15, -0.1) is 0 Å². The van der Waals surface area contributed by atoms with E-state index in [2.05, 4.69) is 19.2 Å². The summed E-state index contributed by atoms with van der Waals surface area (Å²) in [6.07, 6.45) is 1.06. The maximum absolute atomic E-state index is 12.6. The summed E-state index contributed by atoms with van der Waals surface area (Å²) in [5.41, 5.74) is 1.91. The molecule has 0 aliphatic carbocycles. The Kier molecular flexibility index (Phi) is 6.82. The van der Waals surface area contributed by atoms with Crippen molar-refractivity contribution < 1.29 is 9.53 Å². The van der Waals surface area contributed by atoms with E-state index in [1.54, 1.807) is 0 Å². The van der Waals surface area contributed by atoms with Crippen LogP contribution in [0.2, 0.25) is 0 Å². The Labute approximate surface area is 138 Å². The summed E-state index contributed by atoms with van der Waals surface area (Å²) < 4.78 is 5.51. The van der Waals surface area contributed by atoms with Gasteiger partial charge in [-0.25, -0.2) is 0 Å². The van der Waals surface area contributed by atoms with E-state index in [1.807, 2.05) is 60.7 Å². The minimum Gasteiger partial charge on any atom is -0.464 e. The number of hydrogen-bond donors (Lipinski definition) is 1. The van der Waals surface area contributed by atoms with Crippen LogP contribution in [0, 0.1) is 0 Å². The highest BCUT2D eigenvalue weighted by molar-refractivity contribution is 5.82. The van der Waals surface area contributed by atoms with Gasteiger partial charge in [-0.3, -0.25) is 4.79 Å². The van der Waals surface area contributed by atoms with Gasteiger partial charge in [0, 0.05) is 12.6 Å². The molecule has 0 spiro atoms. The molecule has 0 fully saturated rings. The Bertz CT molecular complexity index is 544. The van der Waals surface area contributed by atoms with Crippen LogP contribution in [0.25, 0.3) is 0 Å². The molecule has 0 aliphatic rings. The van der Waals surface area contributed by atoms with Crippen molar-refractivity contribution in [1.82, 2.24) is 5.32 Å². The van der Waals surface area contributed by atoms with Crippen LogP contribution in [-0.2, 0) is 9.53 Å². The van der Waals surface area contributed by atoms with Crippen molar-refractivity contribution >= 4 is 5.97 Å². The standard InChI is InChI=1S/C20H25NO2/c1-3-16(2)21-14-15-23-20(22)19(17-10-6-4-7-11-17)18-12-8-5-9-13-18/h4-13,16,19,21H,3,14-15H2,1-2H3. The van der Waals surface area contributed by atoms with Crippen LogP contribution in [0.1, 0.15) is 37.3 Å². The molecule has 0 saturated heterocycles. The fourth-order valence-corrected chi connectivity index (χ4v) is 2.44. The summed E-state index contributed by atoms with van der Waals surface area (Å²) in [5, 5.41) is 3.33. The lowest BCUT2D eigenvalue weighted by molar-refractivity contribution is -0.144. The zero-order valence-electron chi connectivity index (χ0n) is 13.9. The number of carbonyl (C=O) groups is 1. The van der Waals surface area contributed by atoms with Gasteiger partial charge in [-0.1, -0.05) is 67.6 Å². The lowest BCUT2D eigenvalue weighted by Gasteiger charge is -2.18. The van der Waals surface area contributed by atoms with Crippen molar-refractivity contribution in [3.63, 3.8) is 0 Å². The van der Waals surface area contributed by atoms with Crippen LogP contribution in [0.4, 0.5) is 0 Å². The van der Waals surface area contributed by atoms with Crippen molar-refractivity contribution in [3.8, 4) is 0 Å². The first-order valence-electron chi connectivity index (χ1n) is 8.22. The van der Waals surface area contributed by atoms with Crippen LogP contribution < -0.4 is 5.32 Å². The van der Waals surface area contributed by atoms with Crippen molar-refractivity contribution in [2.75, 3.05) is 13.2 Å². The van der Waals surface area contributed by atoms with Crippen LogP contribution in [0.15, 0.2) is 60.7 Å². The quantitative estimate of drug-likeness (QED) is 0.596. The number of nitrogens with one attached hydrogen (secondary N) is 1. The zero-order valence-corrected chi connectivity index (χ0v) is 13.9. The van der Waals surface area contributed by atoms with E-state index in [-0.39, 0.29) is 11.9 Å². The highest BCUT2D eigenvalue weighted by Gasteiger charge is 2.23. The van der Waals surface area contributed by atoms with Crippen LogP contribution in [-0.4, -0.2) is 25.2 Å². The SMILES string of the molecule is CCC(C)NCCOC(=O)C(c1ccccc1)c1ccccc1. The monoisotopic (exact) mass is 311 g/mol. The van der Waals surface area contributed by atoms with Crippen molar-refractivity contribution in [2.45, 2.75) is 32.2 Å². The number of esters is 1. The molecule has 0 saturated carbocycles. The lowest BCUT2D eigenvalue weighted by Crippen LogP contribution is -2.30. The number of rotatable bonds is 8. The van der Waals surface area contributed by atoms with Gasteiger partial charge in [-0.05, 0) is 24.5 Å².